The summed E-state index contributed by atoms with van der Waals surface area (Å²) in [6.07, 6.45) is 1.29. The molecule has 0 saturated carbocycles. The highest BCUT2D eigenvalue weighted by Crippen LogP contribution is 2.24. The molecule has 0 saturated heterocycles. The number of oxime groups is 1. The molecule has 1 atom stereocenters. The highest BCUT2D eigenvalue weighted by Gasteiger charge is 2.31. The Morgan fingerprint density at radius 1 is 1.42 bits per heavy atom. The summed E-state index contributed by atoms with van der Waals surface area (Å²) in [5.41, 5.74) is -1.09. The molecule has 2 N–H and O–H groups in total. The van der Waals surface area contributed by atoms with E-state index in [2.05, 4.69) is 26.6 Å². The predicted molar refractivity (Wildman–Crippen MR) is 92.8 cm³/mol. The van der Waals surface area contributed by atoms with Crippen LogP contribution in [0.5, 0.6) is 0 Å². The quantitative estimate of drug-likeness (QED) is 0.545. The zero-order chi connectivity index (χ0) is 19.3. The van der Waals surface area contributed by atoms with Crippen LogP contribution in [0, 0.1) is 0 Å². The average Bonchev–Trinajstić information content (AvgIpc) is 3.11. The Kier molecular flexibility index (Phi) is 6.07. The SMILES string of the molecule is C=C1CSC(C(=NC(=O)/C(=N/OC)c2ccco2)C(=O)O)N=C1C(=O)O. The van der Waals surface area contributed by atoms with Crippen LogP contribution in [0.25, 0.3) is 0 Å². The van der Waals surface area contributed by atoms with Gasteiger partial charge in [0.25, 0.3) is 0 Å². The number of carboxylic acids is 2. The van der Waals surface area contributed by atoms with Gasteiger partial charge in [0.2, 0.25) is 5.71 Å². The van der Waals surface area contributed by atoms with E-state index in [1.807, 2.05) is 0 Å². The van der Waals surface area contributed by atoms with Gasteiger partial charge in [-0.15, -0.1) is 11.8 Å². The number of amides is 1. The number of carbonyl (C=O) groups is 3. The first-order valence-electron chi connectivity index (χ1n) is 6.97. The van der Waals surface area contributed by atoms with Crippen molar-refractivity contribution >= 4 is 46.7 Å². The van der Waals surface area contributed by atoms with E-state index in [1.54, 1.807) is 0 Å². The summed E-state index contributed by atoms with van der Waals surface area (Å²) >= 11 is 0.985. The minimum Gasteiger partial charge on any atom is -0.477 e. The number of aliphatic imine (C=N–C) groups is 2. The molecule has 1 unspecified atom stereocenters. The molecule has 1 aromatic heterocycles. The minimum absolute atomic E-state index is 0.0322. The zero-order valence-corrected chi connectivity index (χ0v) is 14.2. The lowest BCUT2D eigenvalue weighted by atomic mass is 10.2. The molecule has 0 radical (unpaired) electrons. The first kappa shape index (κ1) is 19.1. The Balaban J connectivity index is 2.42. The molecular weight excluding hydrogens is 366 g/mol. The number of nitrogens with zero attached hydrogens (tertiary/aromatic N) is 3. The summed E-state index contributed by atoms with van der Waals surface area (Å²) in [6.45, 7) is 3.57. The fourth-order valence-electron chi connectivity index (χ4n) is 1.91. The van der Waals surface area contributed by atoms with Crippen LogP contribution < -0.4 is 0 Å². The van der Waals surface area contributed by atoms with Crippen LogP contribution in [-0.4, -0.2) is 63.4 Å². The van der Waals surface area contributed by atoms with E-state index in [9.17, 15) is 19.5 Å². The minimum atomic E-state index is -1.52. The molecule has 0 fully saturated rings. The number of furan rings is 1. The Morgan fingerprint density at radius 3 is 2.69 bits per heavy atom. The van der Waals surface area contributed by atoms with Crippen LogP contribution in [-0.2, 0) is 19.2 Å². The van der Waals surface area contributed by atoms with E-state index < -0.39 is 28.9 Å². The average molecular weight is 379 g/mol. The summed E-state index contributed by atoms with van der Waals surface area (Å²) in [4.78, 5) is 47.0. The summed E-state index contributed by atoms with van der Waals surface area (Å²) in [7, 11) is 1.20. The number of hydrogen-bond donors (Lipinski definition) is 2. The third-order valence-corrected chi connectivity index (χ3v) is 4.17. The van der Waals surface area contributed by atoms with E-state index in [4.69, 9.17) is 9.52 Å². The van der Waals surface area contributed by atoms with Gasteiger partial charge in [-0.2, -0.15) is 0 Å². The lowest BCUT2D eigenvalue weighted by molar-refractivity contribution is -0.130. The maximum Gasteiger partial charge on any atom is 0.354 e. The third-order valence-electron chi connectivity index (χ3n) is 3.01. The van der Waals surface area contributed by atoms with Crippen molar-refractivity contribution in [1.82, 2.24) is 0 Å². The van der Waals surface area contributed by atoms with Crippen LogP contribution in [0.3, 0.4) is 0 Å². The molecule has 0 aliphatic carbocycles. The monoisotopic (exact) mass is 379 g/mol. The summed E-state index contributed by atoms with van der Waals surface area (Å²) < 4.78 is 5.05. The van der Waals surface area contributed by atoms with Crippen LogP contribution in [0.2, 0.25) is 0 Å². The molecule has 1 amide bonds. The number of carbonyl (C=O) groups excluding carboxylic acids is 1. The first-order chi connectivity index (χ1) is 12.3. The topological polar surface area (TPSA) is 151 Å². The molecule has 0 spiro atoms. The van der Waals surface area contributed by atoms with Crippen molar-refractivity contribution in [3.63, 3.8) is 0 Å². The molecule has 0 bridgehead atoms. The number of thioether (sulfide) groups is 1. The highest BCUT2D eigenvalue weighted by atomic mass is 32.2. The molecule has 0 aromatic carbocycles. The summed E-state index contributed by atoms with van der Waals surface area (Å²) in [6, 6.07) is 2.92. The maximum absolute atomic E-state index is 12.4. The largest absolute Gasteiger partial charge is 0.477 e. The fourth-order valence-corrected chi connectivity index (χ4v) is 2.89. The van der Waals surface area contributed by atoms with Gasteiger partial charge in [0.1, 0.15) is 18.2 Å². The molecule has 10 nitrogen and oxygen atoms in total. The van der Waals surface area contributed by atoms with Gasteiger partial charge >= 0.3 is 17.8 Å². The van der Waals surface area contributed by atoms with Crippen LogP contribution in [0.15, 0.2) is 50.1 Å². The molecule has 1 aliphatic heterocycles. The Morgan fingerprint density at radius 2 is 2.15 bits per heavy atom. The fraction of sp³-hybridized carbons (Fsp3) is 0.200. The van der Waals surface area contributed by atoms with E-state index in [0.29, 0.717) is 0 Å². The third kappa shape index (κ3) is 4.25. The molecule has 136 valence electrons. The van der Waals surface area contributed by atoms with E-state index in [1.165, 1.54) is 25.5 Å². The van der Waals surface area contributed by atoms with Gasteiger partial charge in [0, 0.05) is 5.75 Å². The van der Waals surface area contributed by atoms with Gasteiger partial charge in [0.05, 0.1) is 6.26 Å². The Hall–Kier alpha value is -3.21. The molecular formula is C15H13N3O7S. The Labute approximate surface area is 150 Å². The number of rotatable bonds is 6. The van der Waals surface area contributed by atoms with Crippen molar-refractivity contribution < 1.29 is 33.9 Å². The van der Waals surface area contributed by atoms with E-state index >= 15 is 0 Å². The molecule has 26 heavy (non-hydrogen) atoms. The maximum atomic E-state index is 12.4. The van der Waals surface area contributed by atoms with Crippen LogP contribution >= 0.6 is 11.8 Å². The molecule has 1 aromatic rings. The molecule has 11 heteroatoms. The van der Waals surface area contributed by atoms with Crippen LogP contribution in [0.4, 0.5) is 0 Å². The number of aliphatic carboxylic acids is 2. The number of carboxylic acid groups (broad SMARTS) is 2. The second-order valence-corrected chi connectivity index (χ2v) is 5.83. The van der Waals surface area contributed by atoms with Crippen molar-refractivity contribution in [3.05, 3.63) is 36.3 Å². The second-order valence-electron chi connectivity index (χ2n) is 4.76. The lowest BCUT2D eigenvalue weighted by Gasteiger charge is -2.19. The van der Waals surface area contributed by atoms with Crippen molar-refractivity contribution in [2.24, 2.45) is 15.1 Å². The van der Waals surface area contributed by atoms with Gasteiger partial charge in [-0.1, -0.05) is 11.7 Å². The van der Waals surface area contributed by atoms with Gasteiger partial charge in [-0.05, 0) is 17.7 Å². The van der Waals surface area contributed by atoms with Gasteiger partial charge < -0.3 is 19.5 Å². The van der Waals surface area contributed by atoms with Gasteiger partial charge in [-0.3, -0.25) is 9.79 Å². The van der Waals surface area contributed by atoms with Crippen LogP contribution in [0.1, 0.15) is 5.76 Å². The predicted octanol–water partition coefficient (Wildman–Crippen LogP) is 0.837. The first-order valence-corrected chi connectivity index (χ1v) is 8.02. The van der Waals surface area contributed by atoms with E-state index in [-0.39, 0.29) is 28.5 Å². The highest BCUT2D eigenvalue weighted by molar-refractivity contribution is 8.01. The van der Waals surface area contributed by atoms with Gasteiger partial charge in [0.15, 0.2) is 11.5 Å². The second kappa shape index (κ2) is 8.25. The summed E-state index contributed by atoms with van der Waals surface area (Å²) in [5, 5.41) is 20.8. The van der Waals surface area contributed by atoms with Crippen molar-refractivity contribution in [3.8, 4) is 0 Å². The smallest absolute Gasteiger partial charge is 0.354 e. The molecule has 2 heterocycles. The number of hydrogen-bond acceptors (Lipinski definition) is 8. The molecule has 1 aliphatic rings. The lowest BCUT2D eigenvalue weighted by Crippen LogP contribution is -2.33. The molecule has 2 rings (SSSR count). The summed E-state index contributed by atoms with van der Waals surface area (Å²) in [5.74, 6) is -3.73. The van der Waals surface area contributed by atoms with Crippen molar-refractivity contribution in [2.75, 3.05) is 12.9 Å². The zero-order valence-electron chi connectivity index (χ0n) is 13.4. The Bertz CT molecular complexity index is 839. The van der Waals surface area contributed by atoms with Gasteiger partial charge in [-0.25, -0.2) is 14.6 Å². The van der Waals surface area contributed by atoms with E-state index in [0.717, 1.165) is 11.8 Å². The van der Waals surface area contributed by atoms with Crippen molar-refractivity contribution in [1.29, 1.82) is 0 Å². The normalized spacial score (nSPS) is 18.3. The standard InChI is InChI=1S/C15H13N3O7S/c1-7-6-26-13(17-9(7)14(20)21)11(15(22)23)16-12(19)10(18-24-2)8-4-3-5-25-8/h3-5,13H,1,6H2,2H3,(H,20,21)(H,22,23)/b16-11?,18-10+. The van der Waals surface area contributed by atoms with Crippen molar-refractivity contribution in [2.45, 2.75) is 5.37 Å².